The summed E-state index contributed by atoms with van der Waals surface area (Å²) in [6, 6.07) is 0. The minimum absolute atomic E-state index is 0.0146. The summed E-state index contributed by atoms with van der Waals surface area (Å²) in [5.74, 6) is 0. The Balaban J connectivity index is 2.43. The van der Waals surface area contributed by atoms with Gasteiger partial charge >= 0.3 is 86.3 Å². The second-order valence-electron chi connectivity index (χ2n) is 3.73. The Hall–Kier alpha value is 0.150. The number of aliphatic hydroxyl groups excluding tert-OH is 3. The van der Waals surface area contributed by atoms with Gasteiger partial charge in [0.15, 0.2) is 0 Å². The van der Waals surface area contributed by atoms with Crippen LogP contribution in [-0.4, -0.2) is 67.2 Å². The molecule has 1 fully saturated rings. The molecule has 0 spiro atoms. The summed E-state index contributed by atoms with van der Waals surface area (Å²) < 4.78 is 5.00. The molecule has 0 aromatic heterocycles. The van der Waals surface area contributed by atoms with Gasteiger partial charge in [0.05, 0.1) is 0 Å². The Bertz CT molecular complexity index is 206. The van der Waals surface area contributed by atoms with Gasteiger partial charge in [0.1, 0.15) is 0 Å². The summed E-state index contributed by atoms with van der Waals surface area (Å²) in [6.07, 6.45) is -4.81. The molecule has 0 radical (unpaired) electrons. The zero-order chi connectivity index (χ0) is 11.6. The molecule has 0 bridgehead atoms. The van der Waals surface area contributed by atoms with E-state index in [1.807, 2.05) is 0 Å². The van der Waals surface area contributed by atoms with E-state index in [-0.39, 0.29) is 19.2 Å². The molecule has 7 nitrogen and oxygen atoms in total. The molecule has 1 aliphatic rings. The molecule has 8 heteroatoms. The summed E-state index contributed by atoms with van der Waals surface area (Å²) in [5.41, 5.74) is 0. The summed E-state index contributed by atoms with van der Waals surface area (Å²) in [6.45, 7) is -0.125. The van der Waals surface area contributed by atoms with E-state index in [0.29, 0.717) is 0 Å². The standard InChI is InChI=1S/C7H17O7P/c8-4-3-14-5(7(10)6(4)9)1-2-15(11,12)13/h4-13,15H,1-3H2/t4-,5-,6-,7-/m1/s1. The second kappa shape index (κ2) is 4.99. The van der Waals surface area contributed by atoms with Gasteiger partial charge < -0.3 is 0 Å². The van der Waals surface area contributed by atoms with Gasteiger partial charge in [-0.2, -0.15) is 0 Å². The van der Waals surface area contributed by atoms with Crippen LogP contribution in [0.1, 0.15) is 6.42 Å². The van der Waals surface area contributed by atoms with Gasteiger partial charge in [-0.1, -0.05) is 0 Å². The molecule has 0 aliphatic carbocycles. The van der Waals surface area contributed by atoms with Crippen LogP contribution >= 0.6 is 7.94 Å². The molecule has 1 aliphatic heterocycles. The average Bonchev–Trinajstić information content (AvgIpc) is 2.12. The number of rotatable bonds is 3. The van der Waals surface area contributed by atoms with E-state index >= 15 is 0 Å². The van der Waals surface area contributed by atoms with Crippen molar-refractivity contribution in [3.63, 3.8) is 0 Å². The summed E-state index contributed by atoms with van der Waals surface area (Å²) in [4.78, 5) is 26.3. The van der Waals surface area contributed by atoms with Gasteiger partial charge in [0.25, 0.3) is 0 Å². The molecule has 1 heterocycles. The maximum absolute atomic E-state index is 9.44. The normalized spacial score (nSPS) is 39.1. The van der Waals surface area contributed by atoms with Crippen LogP contribution < -0.4 is 0 Å². The monoisotopic (exact) mass is 244 g/mol. The average molecular weight is 244 g/mol. The first kappa shape index (κ1) is 13.2. The topological polar surface area (TPSA) is 131 Å². The van der Waals surface area contributed by atoms with Crippen molar-refractivity contribution in [2.24, 2.45) is 0 Å². The molecule has 1 rings (SSSR count). The Kier molecular flexibility index (Phi) is 4.39. The Labute approximate surface area is 87.1 Å². The third-order valence-corrected chi connectivity index (χ3v) is 3.33. The SMILES string of the molecule is O[C@H]1[C@H](O)[C@@H](CC[PH](O)(O)O)OC[C@H]1O. The van der Waals surface area contributed by atoms with Crippen LogP contribution in [0, 0.1) is 0 Å². The molecule has 0 aromatic rings. The van der Waals surface area contributed by atoms with Crippen molar-refractivity contribution in [1.82, 2.24) is 0 Å². The van der Waals surface area contributed by atoms with E-state index in [1.54, 1.807) is 0 Å². The molecule has 0 aromatic carbocycles. The maximum atomic E-state index is 9.44. The van der Waals surface area contributed by atoms with E-state index in [4.69, 9.17) is 24.5 Å². The number of hydrogen-bond acceptors (Lipinski definition) is 7. The fraction of sp³-hybridized carbons (Fsp3) is 1.00. The van der Waals surface area contributed by atoms with E-state index in [9.17, 15) is 10.2 Å². The third kappa shape index (κ3) is 3.90. The molecule has 0 unspecified atom stereocenters. The van der Waals surface area contributed by atoms with Crippen molar-refractivity contribution in [2.45, 2.75) is 30.8 Å². The van der Waals surface area contributed by atoms with Gasteiger partial charge in [0.2, 0.25) is 0 Å². The van der Waals surface area contributed by atoms with E-state index in [0.717, 1.165) is 0 Å². The molecule has 0 amide bonds. The summed E-state index contributed by atoms with van der Waals surface area (Å²) >= 11 is 0. The Morgan fingerprint density at radius 1 is 1.07 bits per heavy atom. The number of aliphatic hydroxyl groups is 3. The molecule has 4 atom stereocenters. The van der Waals surface area contributed by atoms with Crippen LogP contribution in [0.5, 0.6) is 0 Å². The van der Waals surface area contributed by atoms with Crippen molar-refractivity contribution < 1.29 is 34.7 Å². The first-order chi connectivity index (χ1) is 6.81. The van der Waals surface area contributed by atoms with Gasteiger partial charge in [-0.15, -0.1) is 0 Å². The molecule has 0 saturated carbocycles. The molecule has 1 saturated heterocycles. The van der Waals surface area contributed by atoms with E-state index in [2.05, 4.69) is 0 Å². The van der Waals surface area contributed by atoms with E-state index < -0.39 is 32.4 Å². The molecular weight excluding hydrogens is 227 g/mol. The zero-order valence-electron chi connectivity index (χ0n) is 8.02. The molecular formula is C7H17O7P. The van der Waals surface area contributed by atoms with Crippen LogP contribution in [0.25, 0.3) is 0 Å². The van der Waals surface area contributed by atoms with Crippen molar-refractivity contribution in [3.8, 4) is 0 Å². The third-order valence-electron chi connectivity index (χ3n) is 2.37. The minimum atomic E-state index is -4.15. The van der Waals surface area contributed by atoms with Crippen molar-refractivity contribution in [1.29, 1.82) is 0 Å². The predicted octanol–water partition coefficient (Wildman–Crippen LogP) is -2.67. The van der Waals surface area contributed by atoms with Crippen molar-refractivity contribution in [3.05, 3.63) is 0 Å². The van der Waals surface area contributed by atoms with Crippen molar-refractivity contribution >= 4 is 7.94 Å². The quantitative estimate of drug-likeness (QED) is 0.298. The van der Waals surface area contributed by atoms with Gasteiger partial charge in [-0.05, 0) is 0 Å². The van der Waals surface area contributed by atoms with Crippen LogP contribution in [0.2, 0.25) is 0 Å². The van der Waals surface area contributed by atoms with Crippen molar-refractivity contribution in [2.75, 3.05) is 12.8 Å². The second-order valence-corrected chi connectivity index (χ2v) is 5.78. The fourth-order valence-corrected chi connectivity index (χ4v) is 2.13. The number of ether oxygens (including phenoxy) is 1. The Morgan fingerprint density at radius 2 is 1.67 bits per heavy atom. The fourth-order valence-electron chi connectivity index (χ4n) is 1.46. The zero-order valence-corrected chi connectivity index (χ0v) is 9.02. The van der Waals surface area contributed by atoms with E-state index in [1.165, 1.54) is 0 Å². The number of hydrogen-bond donors (Lipinski definition) is 6. The molecule has 92 valence electrons. The predicted molar refractivity (Wildman–Crippen MR) is 52.2 cm³/mol. The first-order valence-electron chi connectivity index (χ1n) is 4.64. The van der Waals surface area contributed by atoms with Crippen LogP contribution in [0.15, 0.2) is 0 Å². The Morgan fingerprint density at radius 3 is 2.20 bits per heavy atom. The summed E-state index contributed by atoms with van der Waals surface area (Å²) in [5, 5.41) is 27.8. The summed E-state index contributed by atoms with van der Waals surface area (Å²) in [7, 11) is -4.15. The van der Waals surface area contributed by atoms with Gasteiger partial charge in [-0.25, -0.2) is 0 Å². The first-order valence-corrected chi connectivity index (χ1v) is 6.69. The van der Waals surface area contributed by atoms with Gasteiger partial charge in [-0.3, -0.25) is 0 Å². The van der Waals surface area contributed by atoms with Gasteiger partial charge in [0, 0.05) is 0 Å². The molecule has 6 N–H and O–H groups in total. The van der Waals surface area contributed by atoms with Crippen LogP contribution in [-0.2, 0) is 4.74 Å². The van der Waals surface area contributed by atoms with Crippen LogP contribution in [0.3, 0.4) is 0 Å². The van der Waals surface area contributed by atoms with Crippen LogP contribution in [0.4, 0.5) is 0 Å². The molecule has 15 heavy (non-hydrogen) atoms.